The summed E-state index contributed by atoms with van der Waals surface area (Å²) in [7, 11) is 1.31. The number of nitrogens with one attached hydrogen (secondary N) is 1. The van der Waals surface area contributed by atoms with Crippen LogP contribution in [0.1, 0.15) is 75.2 Å². The molecule has 7 heteroatoms. The Kier molecular flexibility index (Phi) is 12.3. The molecule has 1 amide bonds. The van der Waals surface area contributed by atoms with Crippen molar-refractivity contribution >= 4 is 12.1 Å². The van der Waals surface area contributed by atoms with Gasteiger partial charge >= 0.3 is 12.1 Å². The minimum atomic E-state index is -0.633. The largest absolute Gasteiger partial charge is 0.493 e. The van der Waals surface area contributed by atoms with Crippen molar-refractivity contribution in [2.45, 2.75) is 71.4 Å². The van der Waals surface area contributed by atoms with Crippen LogP contribution in [0.25, 0.3) is 0 Å². The number of ether oxygens (including phenoxy) is 4. The summed E-state index contributed by atoms with van der Waals surface area (Å²) in [5.74, 6) is 5.53. The summed E-state index contributed by atoms with van der Waals surface area (Å²) >= 11 is 0. The molecule has 0 aliphatic rings. The summed E-state index contributed by atoms with van der Waals surface area (Å²) in [5, 5.41) is 2.73. The maximum atomic E-state index is 12.2. The Bertz CT molecular complexity index is 812. The van der Waals surface area contributed by atoms with Gasteiger partial charge in [-0.3, -0.25) is 0 Å². The highest BCUT2D eigenvalue weighted by Gasteiger charge is 2.21. The molecular weight excluding hydrogens is 422 g/mol. The molecule has 7 nitrogen and oxygen atoms in total. The maximum absolute atomic E-state index is 12.2. The fourth-order valence-corrected chi connectivity index (χ4v) is 2.78. The number of hydrogen-bond acceptors (Lipinski definition) is 6. The number of alkyl carbamates (subject to hydrolysis) is 1. The average Bonchev–Trinajstić information content (AvgIpc) is 2.76. The topological polar surface area (TPSA) is 83.1 Å². The number of methoxy groups -OCH3 is 1. The lowest BCUT2D eigenvalue weighted by Crippen LogP contribution is -2.32. The first-order chi connectivity index (χ1) is 15.7. The summed E-state index contributed by atoms with van der Waals surface area (Å²) in [6.07, 6.45) is 14.5. The van der Waals surface area contributed by atoms with E-state index in [1.54, 1.807) is 32.9 Å². The Morgan fingerprint density at radius 1 is 0.939 bits per heavy atom. The molecule has 0 fully saturated rings. The summed E-state index contributed by atoms with van der Waals surface area (Å²) in [6.45, 7) is 6.24. The highest BCUT2D eigenvalue weighted by atomic mass is 16.6. The van der Waals surface area contributed by atoms with Crippen molar-refractivity contribution in [1.82, 2.24) is 5.32 Å². The molecule has 0 saturated carbocycles. The van der Waals surface area contributed by atoms with Crippen LogP contribution in [0.5, 0.6) is 11.5 Å². The minimum absolute atomic E-state index is 0.0930. The van der Waals surface area contributed by atoms with E-state index in [1.165, 1.54) is 7.11 Å². The second kappa shape index (κ2) is 14.7. The number of terminal acetylenes is 2. The van der Waals surface area contributed by atoms with E-state index in [0.717, 1.165) is 25.7 Å². The van der Waals surface area contributed by atoms with E-state index in [-0.39, 0.29) is 12.1 Å². The molecule has 0 heterocycles. The van der Waals surface area contributed by atoms with Gasteiger partial charge in [0.2, 0.25) is 0 Å². The lowest BCUT2D eigenvalue weighted by Gasteiger charge is -2.21. The molecule has 0 radical (unpaired) electrons. The molecule has 1 aromatic rings. The van der Waals surface area contributed by atoms with Crippen LogP contribution in [0.3, 0.4) is 0 Å². The fourth-order valence-electron chi connectivity index (χ4n) is 2.78. The molecule has 1 rings (SSSR count). The second-order valence-corrected chi connectivity index (χ2v) is 8.32. The third kappa shape index (κ3) is 11.2. The van der Waals surface area contributed by atoms with Crippen LogP contribution in [0.15, 0.2) is 12.1 Å². The lowest BCUT2D eigenvalue weighted by molar-refractivity contribution is 0.0521. The fraction of sp³-hybridized carbons (Fsp3) is 0.538. The van der Waals surface area contributed by atoms with E-state index in [2.05, 4.69) is 17.2 Å². The molecule has 0 aliphatic carbocycles. The molecule has 0 atom stereocenters. The predicted octanol–water partition coefficient (Wildman–Crippen LogP) is 4.86. The zero-order chi connectivity index (χ0) is 24.7. The van der Waals surface area contributed by atoms with Gasteiger partial charge in [0.1, 0.15) is 17.1 Å². The van der Waals surface area contributed by atoms with E-state index in [4.69, 9.17) is 31.8 Å². The van der Waals surface area contributed by atoms with Crippen LogP contribution >= 0.6 is 0 Å². The summed E-state index contributed by atoms with van der Waals surface area (Å²) in [6, 6.07) is 3.18. The Morgan fingerprint density at radius 3 is 1.88 bits per heavy atom. The Balaban J connectivity index is 3.15. The van der Waals surface area contributed by atoms with Crippen LogP contribution in [-0.4, -0.2) is 38.0 Å². The van der Waals surface area contributed by atoms with Gasteiger partial charge in [-0.1, -0.05) is 0 Å². The monoisotopic (exact) mass is 457 g/mol. The van der Waals surface area contributed by atoms with Gasteiger partial charge in [0, 0.05) is 12.8 Å². The summed E-state index contributed by atoms with van der Waals surface area (Å²) in [4.78, 5) is 24.4. The van der Waals surface area contributed by atoms with Gasteiger partial charge < -0.3 is 24.3 Å². The summed E-state index contributed by atoms with van der Waals surface area (Å²) < 4.78 is 22.1. The van der Waals surface area contributed by atoms with Crippen molar-refractivity contribution in [2.24, 2.45) is 0 Å². The molecule has 0 aliphatic heterocycles. The number of rotatable bonds is 13. The van der Waals surface area contributed by atoms with E-state index in [9.17, 15) is 9.59 Å². The van der Waals surface area contributed by atoms with Crippen molar-refractivity contribution in [2.75, 3.05) is 20.3 Å². The Labute approximate surface area is 197 Å². The van der Waals surface area contributed by atoms with Crippen molar-refractivity contribution in [3.05, 3.63) is 23.3 Å². The Morgan fingerprint density at radius 2 is 1.45 bits per heavy atom. The number of benzene rings is 1. The highest BCUT2D eigenvalue weighted by molar-refractivity contribution is 5.90. The van der Waals surface area contributed by atoms with E-state index in [0.29, 0.717) is 43.1 Å². The van der Waals surface area contributed by atoms with E-state index >= 15 is 0 Å². The molecule has 0 unspecified atom stereocenters. The van der Waals surface area contributed by atoms with Gasteiger partial charge in [-0.15, -0.1) is 24.7 Å². The predicted molar refractivity (Wildman–Crippen MR) is 127 cm³/mol. The lowest BCUT2D eigenvalue weighted by atomic mass is 10.1. The van der Waals surface area contributed by atoms with Gasteiger partial charge in [-0.05, 0) is 58.6 Å². The highest BCUT2D eigenvalue weighted by Crippen LogP contribution is 2.32. The quantitative estimate of drug-likeness (QED) is 0.259. The molecule has 0 spiro atoms. The third-order valence-electron chi connectivity index (χ3n) is 4.34. The number of carbonyl (C=O) groups excluding carboxylic acids is 2. The number of hydrogen-bond donors (Lipinski definition) is 1. The average molecular weight is 458 g/mol. The van der Waals surface area contributed by atoms with Crippen molar-refractivity contribution in [3.63, 3.8) is 0 Å². The van der Waals surface area contributed by atoms with Crippen molar-refractivity contribution < 1.29 is 28.5 Å². The third-order valence-corrected chi connectivity index (χ3v) is 4.34. The number of esters is 1. The van der Waals surface area contributed by atoms with Crippen LogP contribution in [0, 0.1) is 24.7 Å². The van der Waals surface area contributed by atoms with Gasteiger partial charge in [0.05, 0.1) is 38.0 Å². The molecule has 0 saturated heterocycles. The van der Waals surface area contributed by atoms with Crippen LogP contribution in [-0.2, 0) is 16.0 Å². The minimum Gasteiger partial charge on any atom is -0.493 e. The van der Waals surface area contributed by atoms with E-state index < -0.39 is 17.7 Å². The Hall–Kier alpha value is -3.32. The molecule has 33 heavy (non-hydrogen) atoms. The van der Waals surface area contributed by atoms with Crippen LogP contribution < -0.4 is 14.8 Å². The number of carbonyl (C=O) groups is 2. The van der Waals surface area contributed by atoms with Crippen LogP contribution in [0.4, 0.5) is 4.79 Å². The number of unbranched alkanes of at least 4 members (excludes halogenated alkanes) is 4. The standard InChI is InChI=1S/C26H35NO6/c1-7-9-11-13-15-31-22-17-20(24(28)30-6)18-23(32-16-14-12-10-8-2)21(22)19-27-25(29)33-26(3,4)5/h1-2,17-18H,9-16,19H2,3-6H3,(H,27,29). The smallest absolute Gasteiger partial charge is 0.407 e. The maximum Gasteiger partial charge on any atom is 0.407 e. The SMILES string of the molecule is C#CCCCCOc1cc(C(=O)OC)cc(OCCCCC#C)c1CNC(=O)OC(C)(C)C. The first-order valence-corrected chi connectivity index (χ1v) is 11.1. The van der Waals surface area contributed by atoms with Crippen LogP contribution in [0.2, 0.25) is 0 Å². The van der Waals surface area contributed by atoms with Gasteiger partial charge in [-0.25, -0.2) is 9.59 Å². The van der Waals surface area contributed by atoms with Gasteiger partial charge in [0.25, 0.3) is 0 Å². The molecule has 180 valence electrons. The first-order valence-electron chi connectivity index (χ1n) is 11.1. The molecule has 1 N–H and O–H groups in total. The summed E-state index contributed by atoms with van der Waals surface area (Å²) in [5.41, 5.74) is 0.254. The normalized spacial score (nSPS) is 10.5. The zero-order valence-corrected chi connectivity index (χ0v) is 20.1. The van der Waals surface area contributed by atoms with E-state index in [1.807, 2.05) is 0 Å². The first kappa shape index (κ1) is 27.7. The van der Waals surface area contributed by atoms with Crippen molar-refractivity contribution in [1.29, 1.82) is 0 Å². The molecule has 0 aromatic heterocycles. The van der Waals surface area contributed by atoms with Gasteiger partial charge in [0.15, 0.2) is 0 Å². The van der Waals surface area contributed by atoms with Crippen molar-refractivity contribution in [3.8, 4) is 36.2 Å². The molecule has 0 bridgehead atoms. The molecular formula is C26H35NO6. The van der Waals surface area contributed by atoms with Gasteiger partial charge in [-0.2, -0.15) is 0 Å². The zero-order valence-electron chi connectivity index (χ0n) is 20.1. The molecule has 1 aromatic carbocycles. The number of amides is 1. The second-order valence-electron chi connectivity index (χ2n) is 8.32.